The summed E-state index contributed by atoms with van der Waals surface area (Å²) < 4.78 is 244. The highest BCUT2D eigenvalue weighted by Gasteiger charge is 2.94. The topological polar surface area (TPSA) is 18.5 Å². The van der Waals surface area contributed by atoms with Crippen molar-refractivity contribution >= 4 is 8.56 Å². The molecule has 0 aliphatic carbocycles. The molecule has 0 amide bonds. The van der Waals surface area contributed by atoms with Gasteiger partial charge in [0.25, 0.3) is 0 Å². The van der Waals surface area contributed by atoms with E-state index in [1.165, 1.54) is 0 Å². The van der Waals surface area contributed by atoms with Crippen LogP contribution in [0, 0.1) is 0 Å². The molecule has 0 bridgehead atoms. The lowest BCUT2D eigenvalue weighted by molar-refractivity contribution is -0.438. The van der Waals surface area contributed by atoms with Gasteiger partial charge in [0.05, 0.1) is 0 Å². The van der Waals surface area contributed by atoms with Crippen LogP contribution in [0.2, 0.25) is 6.04 Å². The van der Waals surface area contributed by atoms with Gasteiger partial charge in [0, 0.05) is 25.0 Å². The second kappa shape index (κ2) is 10.7. The molecular weight excluding hydrogens is 599 g/mol. The molecule has 0 spiro atoms. The lowest BCUT2D eigenvalue weighted by Crippen LogP contribution is -2.77. The molecule has 0 rings (SSSR count). The molecule has 0 unspecified atom stereocenters. The maximum Gasteiger partial charge on any atom is 0.422 e. The largest absolute Gasteiger partial charge is 0.422 e. The molecule has 0 saturated carbocycles. The Morgan fingerprint density at radius 3 is 1.11 bits per heavy atom. The molecule has 2 nitrogen and oxygen atoms in total. The SMILES string of the molecule is CC[Si](OC(C)C)(OC(C)C)C(F)(F)C(F)(F)C(F)(F)C(F)(F)C(F)(F)C(F)(F)C(F)(F)CCC(F)(F)F. The molecule has 0 aliphatic rings. The second-order valence-corrected chi connectivity index (χ2v) is 12.0. The molecule has 230 valence electrons. The molecular formula is C18H23F17O2Si. The Labute approximate surface area is 206 Å². The van der Waals surface area contributed by atoms with Crippen LogP contribution in [0.15, 0.2) is 0 Å². The third-order valence-electron chi connectivity index (χ3n) is 4.95. The summed E-state index contributed by atoms with van der Waals surface area (Å²) in [7, 11) is -6.22. The van der Waals surface area contributed by atoms with Crippen LogP contribution in [-0.4, -0.2) is 68.0 Å². The summed E-state index contributed by atoms with van der Waals surface area (Å²) in [5.74, 6) is -47.4. The minimum atomic E-state index is -8.40. The predicted octanol–water partition coefficient (Wildman–Crippen LogP) is 8.63. The van der Waals surface area contributed by atoms with E-state index in [4.69, 9.17) is 0 Å². The minimum Gasteiger partial charge on any atom is -0.388 e. The summed E-state index contributed by atoms with van der Waals surface area (Å²) in [6, 6.07) is -1.42. The van der Waals surface area contributed by atoms with Crippen molar-refractivity contribution in [1.29, 1.82) is 0 Å². The third kappa shape index (κ3) is 6.00. The molecule has 0 aromatic carbocycles. The van der Waals surface area contributed by atoms with Crippen LogP contribution in [0.1, 0.15) is 47.5 Å². The van der Waals surface area contributed by atoms with Gasteiger partial charge in [0.15, 0.2) is 0 Å². The van der Waals surface area contributed by atoms with Gasteiger partial charge in [-0.25, -0.2) is 0 Å². The fraction of sp³-hybridized carbons (Fsp3) is 1.00. The van der Waals surface area contributed by atoms with E-state index in [9.17, 15) is 74.6 Å². The standard InChI is InChI=1S/C18H23F17O2Si/c1-6-38(36-9(2)3,37-10(4)5)18(34,35)17(32,33)16(30,31)15(28,29)14(26,27)13(24,25)11(19,20)7-8-12(21,22)23/h9-10H,6-8H2,1-5H3. The molecule has 0 saturated heterocycles. The van der Waals surface area contributed by atoms with E-state index in [1.54, 1.807) is 0 Å². The highest BCUT2D eigenvalue weighted by Crippen LogP contribution is 2.64. The first-order valence-electron chi connectivity index (χ1n) is 10.4. The smallest absolute Gasteiger partial charge is 0.388 e. The maximum absolute atomic E-state index is 15.0. The van der Waals surface area contributed by atoms with E-state index in [0.717, 1.165) is 27.7 Å². The average molecular weight is 622 g/mol. The van der Waals surface area contributed by atoms with E-state index >= 15 is 0 Å². The molecule has 0 aromatic heterocycles. The van der Waals surface area contributed by atoms with E-state index in [2.05, 4.69) is 8.85 Å². The Morgan fingerprint density at radius 2 is 0.816 bits per heavy atom. The molecule has 0 aromatic rings. The second-order valence-electron chi connectivity index (χ2n) is 8.71. The molecule has 20 heteroatoms. The first kappa shape index (κ1) is 36.9. The zero-order valence-electron chi connectivity index (χ0n) is 20.0. The summed E-state index contributed by atoms with van der Waals surface area (Å²) in [5.41, 5.74) is -6.61. The first-order chi connectivity index (χ1) is 16.4. The van der Waals surface area contributed by atoms with E-state index in [-0.39, 0.29) is 0 Å². The van der Waals surface area contributed by atoms with Gasteiger partial charge in [-0.3, -0.25) is 0 Å². The van der Waals surface area contributed by atoms with Crippen molar-refractivity contribution in [3.05, 3.63) is 0 Å². The normalized spacial score (nSPS) is 16.1. The number of rotatable bonds is 14. The van der Waals surface area contributed by atoms with Gasteiger partial charge in [0.2, 0.25) is 0 Å². The summed E-state index contributed by atoms with van der Waals surface area (Å²) in [6.07, 6.45) is -15.3. The number of alkyl halides is 17. The fourth-order valence-corrected chi connectivity index (χ4v) is 6.33. The van der Waals surface area contributed by atoms with Crippen LogP contribution < -0.4 is 0 Å². The summed E-state index contributed by atoms with van der Waals surface area (Å²) in [4.78, 5) is 0. The number of hydrogen-bond donors (Lipinski definition) is 0. The number of hydrogen-bond acceptors (Lipinski definition) is 2. The van der Waals surface area contributed by atoms with Crippen LogP contribution in [0.4, 0.5) is 74.6 Å². The van der Waals surface area contributed by atoms with E-state index in [1.807, 2.05) is 0 Å². The van der Waals surface area contributed by atoms with Crippen molar-refractivity contribution in [2.24, 2.45) is 0 Å². The highest BCUT2D eigenvalue weighted by molar-refractivity contribution is 6.70. The zero-order valence-corrected chi connectivity index (χ0v) is 21.0. The molecule has 0 aliphatic heterocycles. The Hall–Kier alpha value is -1.05. The van der Waals surface area contributed by atoms with Crippen molar-refractivity contribution in [3.63, 3.8) is 0 Å². The van der Waals surface area contributed by atoms with Crippen LogP contribution in [0.5, 0.6) is 0 Å². The molecule has 0 heterocycles. The Bertz CT molecular complexity index is 782. The molecule has 0 N–H and O–H groups in total. The Morgan fingerprint density at radius 1 is 0.500 bits per heavy atom. The number of halogens is 17. The maximum atomic E-state index is 15.0. The van der Waals surface area contributed by atoms with Crippen LogP contribution in [0.3, 0.4) is 0 Å². The van der Waals surface area contributed by atoms with Gasteiger partial charge < -0.3 is 8.85 Å². The molecule has 0 atom stereocenters. The lowest BCUT2D eigenvalue weighted by atomic mass is 9.90. The Kier molecular flexibility index (Phi) is 10.4. The van der Waals surface area contributed by atoms with Crippen LogP contribution in [-0.2, 0) is 8.85 Å². The molecule has 38 heavy (non-hydrogen) atoms. The van der Waals surface area contributed by atoms with Crippen molar-refractivity contribution in [2.75, 3.05) is 0 Å². The van der Waals surface area contributed by atoms with Crippen LogP contribution >= 0.6 is 0 Å². The van der Waals surface area contributed by atoms with Gasteiger partial charge in [-0.2, -0.15) is 74.6 Å². The quantitative estimate of drug-likeness (QED) is 0.143. The molecule has 0 radical (unpaired) electrons. The van der Waals surface area contributed by atoms with Crippen molar-refractivity contribution in [3.8, 4) is 0 Å². The predicted molar refractivity (Wildman–Crippen MR) is 98.6 cm³/mol. The van der Waals surface area contributed by atoms with Gasteiger partial charge in [-0.05, 0) is 33.7 Å². The first-order valence-corrected chi connectivity index (χ1v) is 12.4. The zero-order chi connectivity index (χ0) is 31.2. The summed E-state index contributed by atoms with van der Waals surface area (Å²) in [6.45, 7) is 4.08. The summed E-state index contributed by atoms with van der Waals surface area (Å²) >= 11 is 0. The lowest BCUT2D eigenvalue weighted by Gasteiger charge is -2.46. The monoisotopic (exact) mass is 622 g/mol. The van der Waals surface area contributed by atoms with Crippen molar-refractivity contribution in [1.82, 2.24) is 0 Å². The van der Waals surface area contributed by atoms with Gasteiger partial charge >= 0.3 is 55.8 Å². The summed E-state index contributed by atoms with van der Waals surface area (Å²) in [5, 5.41) is 0. The highest BCUT2D eigenvalue weighted by atomic mass is 28.4. The van der Waals surface area contributed by atoms with Gasteiger partial charge in [0.1, 0.15) is 0 Å². The van der Waals surface area contributed by atoms with Crippen LogP contribution in [0.25, 0.3) is 0 Å². The van der Waals surface area contributed by atoms with Gasteiger partial charge in [-0.15, -0.1) is 0 Å². The fourth-order valence-electron chi connectivity index (χ4n) is 3.04. The van der Waals surface area contributed by atoms with Crippen molar-refractivity contribution < 1.29 is 83.5 Å². The third-order valence-corrected chi connectivity index (χ3v) is 8.86. The molecule has 0 fully saturated rings. The Balaban J connectivity index is 6.99. The van der Waals surface area contributed by atoms with Gasteiger partial charge in [-0.1, -0.05) is 6.92 Å². The van der Waals surface area contributed by atoms with E-state index < -0.39 is 86.9 Å². The van der Waals surface area contributed by atoms with Crippen molar-refractivity contribution in [2.45, 2.75) is 113 Å². The average Bonchev–Trinajstić information content (AvgIpc) is 2.69. The minimum absolute atomic E-state index is 0.585. The van der Waals surface area contributed by atoms with E-state index in [0.29, 0.717) is 6.92 Å².